The van der Waals surface area contributed by atoms with E-state index in [1.54, 1.807) is 7.11 Å². The Hall–Kier alpha value is -2.09. The minimum absolute atomic E-state index is 0.156. The number of carbonyl (C=O) groups excluding carboxylic acids is 1. The van der Waals surface area contributed by atoms with Gasteiger partial charge in [0.25, 0.3) is 0 Å². The molecule has 3 heterocycles. The number of amides is 1. The monoisotopic (exact) mass is 470 g/mol. The Morgan fingerprint density at radius 2 is 1.91 bits per heavy atom. The Labute approximate surface area is 201 Å². The predicted octanol–water partition coefficient (Wildman–Crippen LogP) is 4.31. The number of hydrogen-bond donors (Lipinski definition) is 1. The van der Waals surface area contributed by atoms with E-state index in [0.717, 1.165) is 48.0 Å². The number of hydrogen-bond acceptors (Lipinski definition) is 5. The maximum Gasteiger partial charge on any atom is 0.496 e. The number of aromatic nitrogens is 1. The fourth-order valence-corrected chi connectivity index (χ4v) is 4.63. The summed E-state index contributed by atoms with van der Waals surface area (Å²) in [4.78, 5) is 16.1. The highest BCUT2D eigenvalue weighted by atomic mass is 35.5. The Morgan fingerprint density at radius 1 is 1.18 bits per heavy atom. The fraction of sp³-hybridized carbons (Fsp3) is 0.520. The van der Waals surface area contributed by atoms with Crippen molar-refractivity contribution in [2.45, 2.75) is 77.0 Å². The van der Waals surface area contributed by atoms with Crippen LogP contribution < -0.4 is 15.5 Å². The van der Waals surface area contributed by atoms with Gasteiger partial charge in [0, 0.05) is 34.1 Å². The molecule has 33 heavy (non-hydrogen) atoms. The van der Waals surface area contributed by atoms with Crippen LogP contribution in [0.15, 0.2) is 30.3 Å². The van der Waals surface area contributed by atoms with Gasteiger partial charge in [0.05, 0.1) is 24.0 Å². The van der Waals surface area contributed by atoms with Crippen LogP contribution in [0.3, 0.4) is 0 Å². The van der Waals surface area contributed by atoms with E-state index in [-0.39, 0.29) is 11.9 Å². The van der Waals surface area contributed by atoms with Crippen LogP contribution in [-0.4, -0.2) is 42.4 Å². The van der Waals surface area contributed by atoms with Gasteiger partial charge in [0.15, 0.2) is 0 Å². The number of ether oxygens (including phenoxy) is 1. The first-order valence-electron chi connectivity index (χ1n) is 11.6. The average Bonchev–Trinajstić information content (AvgIpc) is 3.27. The summed E-state index contributed by atoms with van der Waals surface area (Å²) >= 11 is 6.84. The van der Waals surface area contributed by atoms with Crippen molar-refractivity contribution in [1.82, 2.24) is 10.3 Å². The standard InChI is InChI=1S/C25H32BClN2O4/c1-24(2)25(3,4)33-26(32-24)19-11-7-10-18(22(19)27)20-14-12-16(23(29-20)31-5)8-6-9-17-13-15-21(30)28-17/h7,10-12,14,17H,6,8-9,13,15H2,1-5H3,(H,28,30)/t17-/m1/s1. The van der Waals surface area contributed by atoms with Crippen LogP contribution in [0.5, 0.6) is 5.88 Å². The molecule has 0 saturated carbocycles. The van der Waals surface area contributed by atoms with E-state index in [1.165, 1.54) is 0 Å². The molecule has 4 rings (SSSR count). The average molecular weight is 471 g/mol. The molecular formula is C25H32BClN2O4. The summed E-state index contributed by atoms with van der Waals surface area (Å²) in [6.45, 7) is 8.10. The smallest absolute Gasteiger partial charge is 0.481 e. The molecule has 2 fully saturated rings. The number of pyridine rings is 1. The zero-order valence-corrected chi connectivity index (χ0v) is 20.8. The lowest BCUT2D eigenvalue weighted by atomic mass is 9.78. The van der Waals surface area contributed by atoms with Crippen LogP contribution in [-0.2, 0) is 20.5 Å². The summed E-state index contributed by atoms with van der Waals surface area (Å²) in [7, 11) is 1.09. The molecular weight excluding hydrogens is 439 g/mol. The van der Waals surface area contributed by atoms with Crippen LogP contribution in [0.1, 0.15) is 58.9 Å². The number of halogens is 1. The summed E-state index contributed by atoms with van der Waals surface area (Å²) in [5.74, 6) is 0.753. The summed E-state index contributed by atoms with van der Waals surface area (Å²) in [5, 5.41) is 3.59. The van der Waals surface area contributed by atoms with E-state index in [2.05, 4.69) is 5.32 Å². The molecule has 6 nitrogen and oxygen atoms in total. The summed E-state index contributed by atoms with van der Waals surface area (Å²) in [6, 6.07) is 10.1. The molecule has 1 aromatic carbocycles. The first kappa shape index (κ1) is 24.1. The molecule has 0 radical (unpaired) electrons. The Morgan fingerprint density at radius 3 is 2.55 bits per heavy atom. The number of nitrogens with zero attached hydrogens (tertiary/aromatic N) is 1. The number of nitrogens with one attached hydrogen (secondary N) is 1. The van der Waals surface area contributed by atoms with Gasteiger partial charge in [0.2, 0.25) is 11.8 Å². The third-order valence-electron chi connectivity index (χ3n) is 7.03. The van der Waals surface area contributed by atoms with Crippen LogP contribution >= 0.6 is 11.6 Å². The van der Waals surface area contributed by atoms with Gasteiger partial charge >= 0.3 is 7.12 Å². The van der Waals surface area contributed by atoms with E-state index in [4.69, 9.17) is 30.6 Å². The normalized spacial score (nSPS) is 21.3. The van der Waals surface area contributed by atoms with Gasteiger partial charge in [0.1, 0.15) is 0 Å². The molecule has 0 unspecified atom stereocenters. The van der Waals surface area contributed by atoms with Crippen LogP contribution in [0.2, 0.25) is 5.02 Å². The number of benzene rings is 1. The number of carbonyl (C=O) groups is 1. The molecule has 1 aromatic heterocycles. The first-order valence-corrected chi connectivity index (χ1v) is 12.0. The number of rotatable bonds is 7. The molecule has 2 aliphatic rings. The highest BCUT2D eigenvalue weighted by Gasteiger charge is 2.52. The highest BCUT2D eigenvalue weighted by Crippen LogP contribution is 2.38. The summed E-state index contributed by atoms with van der Waals surface area (Å²) in [5.41, 5.74) is 2.49. The topological polar surface area (TPSA) is 69.7 Å². The van der Waals surface area contributed by atoms with Crippen molar-refractivity contribution in [3.8, 4) is 17.1 Å². The van der Waals surface area contributed by atoms with Gasteiger partial charge in [-0.15, -0.1) is 0 Å². The Kier molecular flexibility index (Phi) is 6.76. The molecule has 2 aliphatic heterocycles. The second kappa shape index (κ2) is 9.28. The van der Waals surface area contributed by atoms with E-state index in [1.807, 2.05) is 58.0 Å². The van der Waals surface area contributed by atoms with Crippen molar-refractivity contribution >= 4 is 30.1 Å². The van der Waals surface area contributed by atoms with Gasteiger partial charge in [-0.05, 0) is 59.4 Å². The number of methoxy groups -OCH3 is 1. The molecule has 8 heteroatoms. The van der Waals surface area contributed by atoms with Crippen molar-refractivity contribution < 1.29 is 18.8 Å². The molecule has 1 atom stereocenters. The van der Waals surface area contributed by atoms with Crippen molar-refractivity contribution in [3.05, 3.63) is 40.9 Å². The minimum Gasteiger partial charge on any atom is -0.481 e. The van der Waals surface area contributed by atoms with Crippen LogP contribution in [0.4, 0.5) is 0 Å². The third kappa shape index (κ3) is 4.91. The zero-order valence-electron chi connectivity index (χ0n) is 20.0. The van der Waals surface area contributed by atoms with Gasteiger partial charge < -0.3 is 19.4 Å². The van der Waals surface area contributed by atoms with Gasteiger partial charge in [-0.2, -0.15) is 0 Å². The lowest BCUT2D eigenvalue weighted by molar-refractivity contribution is -0.119. The van der Waals surface area contributed by atoms with Gasteiger partial charge in [-0.25, -0.2) is 4.98 Å². The van der Waals surface area contributed by atoms with E-state index < -0.39 is 18.3 Å². The maximum absolute atomic E-state index is 11.4. The molecule has 2 aromatic rings. The predicted molar refractivity (Wildman–Crippen MR) is 131 cm³/mol. The second-order valence-corrected chi connectivity index (χ2v) is 10.2. The lowest BCUT2D eigenvalue weighted by Crippen LogP contribution is -2.41. The van der Waals surface area contributed by atoms with Crippen molar-refractivity contribution in [1.29, 1.82) is 0 Å². The molecule has 1 amide bonds. The van der Waals surface area contributed by atoms with Crippen LogP contribution in [0, 0.1) is 0 Å². The third-order valence-corrected chi connectivity index (χ3v) is 7.45. The van der Waals surface area contributed by atoms with Gasteiger partial charge in [-0.1, -0.05) is 35.9 Å². The molecule has 0 spiro atoms. The first-order chi connectivity index (χ1) is 15.6. The maximum atomic E-state index is 11.4. The number of aryl methyl sites for hydroxylation is 1. The SMILES string of the molecule is COc1nc(-c2cccc(B3OC(C)(C)C(C)(C)O3)c2Cl)ccc1CCC[C@@H]1CCC(=O)N1. The quantitative estimate of drug-likeness (QED) is 0.611. The molecule has 0 aliphatic carbocycles. The Balaban J connectivity index is 1.52. The molecule has 176 valence electrons. The van der Waals surface area contributed by atoms with Gasteiger partial charge in [-0.3, -0.25) is 4.79 Å². The molecule has 1 N–H and O–H groups in total. The Bertz CT molecular complexity index is 1030. The fourth-order valence-electron chi connectivity index (χ4n) is 4.32. The van der Waals surface area contributed by atoms with Crippen LogP contribution in [0.25, 0.3) is 11.3 Å². The van der Waals surface area contributed by atoms with Crippen molar-refractivity contribution in [3.63, 3.8) is 0 Å². The lowest BCUT2D eigenvalue weighted by Gasteiger charge is -2.32. The van der Waals surface area contributed by atoms with E-state index in [9.17, 15) is 4.79 Å². The molecule has 0 bridgehead atoms. The molecule has 2 saturated heterocycles. The van der Waals surface area contributed by atoms with E-state index in [0.29, 0.717) is 17.3 Å². The largest absolute Gasteiger partial charge is 0.496 e. The summed E-state index contributed by atoms with van der Waals surface area (Å²) < 4.78 is 18.0. The van der Waals surface area contributed by atoms with E-state index >= 15 is 0 Å². The minimum atomic E-state index is -0.542. The highest BCUT2D eigenvalue weighted by molar-refractivity contribution is 6.66. The van der Waals surface area contributed by atoms with Crippen molar-refractivity contribution in [2.75, 3.05) is 7.11 Å². The summed E-state index contributed by atoms with van der Waals surface area (Å²) in [6.07, 6.45) is 4.31. The second-order valence-electron chi connectivity index (χ2n) is 9.86. The van der Waals surface area contributed by atoms with Crippen molar-refractivity contribution in [2.24, 2.45) is 0 Å². The zero-order chi connectivity index (χ0) is 23.8.